The first-order valence-corrected chi connectivity index (χ1v) is 22.8. The van der Waals surface area contributed by atoms with Crippen molar-refractivity contribution < 1.29 is 58.0 Å². The van der Waals surface area contributed by atoms with Crippen molar-refractivity contribution >= 4 is 5.97 Å². The first-order valence-electron chi connectivity index (χ1n) is 22.8. The molecule has 0 saturated carbocycles. The number of ether oxygens (including phenoxy) is 8. The SMILES string of the molecule is CC[C@H]1OC(=O)[C@H](C)[C@@H](O[C@H]2C[C@@](C)(OC)[C@@H](OCCCN(CC)CC)[C@H](C)O2)[C@H](C)[C@@H](O[C@@H]2O[C@H](C)C[C@H](N(C)C)[C@H]2O)[C@](C)(OC)C[C@@H](C)C(N=O)[C@H](C)[C@@H](O)[C@]1(C)O. The van der Waals surface area contributed by atoms with Gasteiger partial charge in [0.05, 0.1) is 53.7 Å². The number of carbonyl (C=O) groups is 1. The molecule has 16 nitrogen and oxygen atoms in total. The van der Waals surface area contributed by atoms with Gasteiger partial charge in [0, 0.05) is 51.7 Å². The van der Waals surface area contributed by atoms with Gasteiger partial charge >= 0.3 is 5.97 Å². The molecule has 1 unspecified atom stereocenters. The van der Waals surface area contributed by atoms with E-state index in [4.69, 9.17) is 37.9 Å². The Bertz CT molecular complexity index is 1340. The average molecular weight is 876 g/mol. The highest BCUT2D eigenvalue weighted by atomic mass is 16.7. The van der Waals surface area contributed by atoms with Gasteiger partial charge in [-0.2, -0.15) is 4.91 Å². The lowest BCUT2D eigenvalue weighted by Crippen LogP contribution is -2.62. The summed E-state index contributed by atoms with van der Waals surface area (Å²) in [5, 5.41) is 38.8. The van der Waals surface area contributed by atoms with Crippen LogP contribution in [-0.2, 0) is 42.7 Å². The van der Waals surface area contributed by atoms with Crippen LogP contribution in [0, 0.1) is 28.6 Å². The Kier molecular flexibility index (Phi) is 20.5. The molecule has 3 rings (SSSR count). The molecule has 0 aromatic heterocycles. The van der Waals surface area contributed by atoms with Crippen LogP contribution in [0.4, 0.5) is 0 Å². The summed E-state index contributed by atoms with van der Waals surface area (Å²) in [4.78, 5) is 31.5. The van der Waals surface area contributed by atoms with Gasteiger partial charge in [0.1, 0.15) is 23.9 Å². The van der Waals surface area contributed by atoms with Crippen LogP contribution in [0.15, 0.2) is 5.18 Å². The highest BCUT2D eigenvalue weighted by Gasteiger charge is 2.54. The number of likely N-dealkylation sites (N-methyl/N-ethyl adjacent to an activating group) is 1. The number of esters is 1. The second-order valence-electron chi connectivity index (χ2n) is 19.2. The Morgan fingerprint density at radius 1 is 0.869 bits per heavy atom. The lowest BCUT2D eigenvalue weighted by Gasteiger charge is -2.50. The molecule has 61 heavy (non-hydrogen) atoms. The average Bonchev–Trinajstić information content (AvgIpc) is 3.21. The Balaban J connectivity index is 2.16. The van der Waals surface area contributed by atoms with Crippen molar-refractivity contribution in [1.82, 2.24) is 9.80 Å². The van der Waals surface area contributed by atoms with E-state index in [1.165, 1.54) is 6.92 Å². The van der Waals surface area contributed by atoms with Gasteiger partial charge in [-0.3, -0.25) is 4.79 Å². The summed E-state index contributed by atoms with van der Waals surface area (Å²) in [6, 6.07) is -1.27. The molecular weight excluding hydrogens is 791 g/mol. The van der Waals surface area contributed by atoms with Crippen molar-refractivity contribution in [2.75, 3.05) is 54.6 Å². The van der Waals surface area contributed by atoms with Crippen molar-refractivity contribution in [2.24, 2.45) is 28.8 Å². The number of hydrogen-bond acceptors (Lipinski definition) is 16. The number of carbonyl (C=O) groups excluding carboxylic acids is 1. The summed E-state index contributed by atoms with van der Waals surface area (Å²) in [6.45, 7) is 25.6. The first-order chi connectivity index (χ1) is 28.5. The molecule has 3 aliphatic heterocycles. The molecule has 0 bridgehead atoms. The Morgan fingerprint density at radius 2 is 1.48 bits per heavy atom. The van der Waals surface area contributed by atoms with Gasteiger partial charge in [-0.1, -0.05) is 46.7 Å². The smallest absolute Gasteiger partial charge is 0.311 e. The molecule has 0 radical (unpaired) electrons. The summed E-state index contributed by atoms with van der Waals surface area (Å²) in [7, 11) is 6.99. The van der Waals surface area contributed by atoms with E-state index in [0.717, 1.165) is 26.1 Å². The van der Waals surface area contributed by atoms with Crippen LogP contribution in [0.5, 0.6) is 0 Å². The highest BCUT2D eigenvalue weighted by Crippen LogP contribution is 2.43. The van der Waals surface area contributed by atoms with E-state index in [2.05, 4.69) is 23.9 Å². The zero-order valence-corrected chi connectivity index (χ0v) is 40.4. The molecule has 16 heteroatoms. The van der Waals surface area contributed by atoms with Gasteiger partial charge in [-0.15, -0.1) is 0 Å². The number of nitroso groups, excluding NO2 is 1. The molecule has 3 heterocycles. The molecular formula is C45H85N3O13. The largest absolute Gasteiger partial charge is 0.459 e. The van der Waals surface area contributed by atoms with Crippen LogP contribution in [0.3, 0.4) is 0 Å². The molecule has 3 aliphatic rings. The van der Waals surface area contributed by atoms with E-state index in [1.807, 2.05) is 60.5 Å². The van der Waals surface area contributed by atoms with Gasteiger partial charge in [-0.25, -0.2) is 0 Å². The fraction of sp³-hybridized carbons (Fsp3) is 0.978. The Labute approximate surface area is 366 Å². The van der Waals surface area contributed by atoms with Gasteiger partial charge in [0.25, 0.3) is 0 Å². The van der Waals surface area contributed by atoms with Crippen LogP contribution in [-0.4, -0.2) is 176 Å². The van der Waals surface area contributed by atoms with Gasteiger partial charge in [0.15, 0.2) is 12.6 Å². The topological polar surface area (TPSA) is 188 Å². The zero-order valence-electron chi connectivity index (χ0n) is 40.4. The monoisotopic (exact) mass is 876 g/mol. The maximum Gasteiger partial charge on any atom is 0.311 e. The molecule has 358 valence electrons. The molecule has 3 fully saturated rings. The van der Waals surface area contributed by atoms with Crippen LogP contribution >= 0.6 is 0 Å². The van der Waals surface area contributed by atoms with Crippen molar-refractivity contribution in [1.29, 1.82) is 0 Å². The number of methoxy groups -OCH3 is 2. The third kappa shape index (κ3) is 12.7. The van der Waals surface area contributed by atoms with Crippen LogP contribution in [0.1, 0.15) is 115 Å². The quantitative estimate of drug-likeness (QED) is 0.109. The minimum Gasteiger partial charge on any atom is -0.459 e. The molecule has 0 spiro atoms. The highest BCUT2D eigenvalue weighted by molar-refractivity contribution is 5.73. The fourth-order valence-corrected chi connectivity index (χ4v) is 10.3. The summed E-state index contributed by atoms with van der Waals surface area (Å²) in [5.74, 6) is -3.71. The maximum atomic E-state index is 14.5. The number of hydrogen-bond donors (Lipinski definition) is 3. The predicted octanol–water partition coefficient (Wildman–Crippen LogP) is 4.76. The van der Waals surface area contributed by atoms with E-state index in [9.17, 15) is 25.0 Å². The second-order valence-corrected chi connectivity index (χ2v) is 19.2. The van der Waals surface area contributed by atoms with Crippen molar-refractivity contribution in [3.05, 3.63) is 4.91 Å². The summed E-state index contributed by atoms with van der Waals surface area (Å²) < 4.78 is 52.0. The summed E-state index contributed by atoms with van der Waals surface area (Å²) >= 11 is 0. The molecule has 3 saturated heterocycles. The van der Waals surface area contributed by atoms with Gasteiger partial charge in [0.2, 0.25) is 0 Å². The number of aliphatic hydroxyl groups excluding tert-OH is 2. The minimum absolute atomic E-state index is 0.173. The lowest BCUT2D eigenvalue weighted by molar-refractivity contribution is -0.322. The van der Waals surface area contributed by atoms with Crippen LogP contribution in [0.25, 0.3) is 0 Å². The number of nitrogens with zero attached hydrogens (tertiary/aromatic N) is 3. The Morgan fingerprint density at radius 3 is 2.02 bits per heavy atom. The third-order valence-corrected chi connectivity index (χ3v) is 14.4. The molecule has 0 aromatic carbocycles. The second kappa shape index (κ2) is 23.2. The Hall–Kier alpha value is -1.41. The van der Waals surface area contributed by atoms with Gasteiger partial charge in [-0.05, 0) is 100 Å². The van der Waals surface area contributed by atoms with E-state index in [1.54, 1.807) is 35.0 Å². The van der Waals surface area contributed by atoms with Crippen LogP contribution in [0.2, 0.25) is 0 Å². The molecule has 0 aliphatic carbocycles. The minimum atomic E-state index is -1.94. The van der Waals surface area contributed by atoms with E-state index >= 15 is 0 Å². The molecule has 19 atom stereocenters. The molecule has 0 amide bonds. The standard InChI is InChI=1S/C45H85N3O13/c1-17-33-45(12,52)38(50)28(6)35(46-53)26(4)24-43(10,54-15)39(61-42-36(49)32(47(13)14)23-27(5)57-42)29(7)37(30(8)41(51)59-33)60-34-25-44(11,55-16)40(31(9)58-34)56-22-20-21-48(18-2)19-3/h26-40,42,49-50,52H,17-25H2,1-16H3/t26-,27-,28+,29+,30-,31+,32+,33-,34+,35?,36-,37+,38-,39-,40+,42+,43-,44-,45-/m1/s1. The molecule has 3 N–H and O–H groups in total. The molecule has 0 aromatic rings. The number of rotatable bonds is 16. The number of cyclic esters (lactones) is 1. The summed E-state index contributed by atoms with van der Waals surface area (Å²) in [6.07, 6.45) is -6.67. The van der Waals surface area contributed by atoms with Crippen molar-refractivity contribution in [2.45, 2.75) is 205 Å². The summed E-state index contributed by atoms with van der Waals surface area (Å²) in [5.41, 5.74) is -3.99. The van der Waals surface area contributed by atoms with Gasteiger partial charge < -0.3 is 63.0 Å². The predicted molar refractivity (Wildman–Crippen MR) is 232 cm³/mol. The number of aliphatic hydroxyl groups is 3. The fourth-order valence-electron chi connectivity index (χ4n) is 10.3. The van der Waals surface area contributed by atoms with E-state index in [0.29, 0.717) is 13.0 Å². The van der Waals surface area contributed by atoms with E-state index < -0.39 is 108 Å². The zero-order chi connectivity index (χ0) is 46.2. The van der Waals surface area contributed by atoms with E-state index in [-0.39, 0.29) is 31.4 Å². The van der Waals surface area contributed by atoms with Crippen molar-refractivity contribution in [3.8, 4) is 0 Å². The normalized spacial score (nSPS) is 44.8. The third-order valence-electron chi connectivity index (χ3n) is 14.4. The van der Waals surface area contributed by atoms with Crippen molar-refractivity contribution in [3.63, 3.8) is 0 Å². The maximum absolute atomic E-state index is 14.5. The lowest BCUT2D eigenvalue weighted by atomic mass is 9.72. The van der Waals surface area contributed by atoms with Crippen LogP contribution < -0.4 is 0 Å². The first kappa shape index (κ1) is 53.9.